The molecule has 10 heteroatoms. The molecule has 0 N–H and O–H groups in total. The SMILES string of the molecule is C[N+](C)(CCCCCCCCCCCC[N+](C)(C)CCCN1C(=O)c2cccc3cccc(c23)C1=O)CCCN1C(=O)c2cccc3cccc(c23)C1=O.[Br-].[Br-]. The van der Waals surface area contributed by atoms with Crippen LogP contribution in [0.1, 0.15) is 118 Å². The van der Waals surface area contributed by atoms with Crippen molar-refractivity contribution in [1.29, 1.82) is 0 Å². The van der Waals surface area contributed by atoms with Gasteiger partial charge in [-0.15, -0.1) is 0 Å². The topological polar surface area (TPSA) is 74.8 Å². The molecule has 0 saturated heterocycles. The number of quaternary nitrogens is 2. The molecule has 4 amide bonds. The highest BCUT2D eigenvalue weighted by Crippen LogP contribution is 2.31. The van der Waals surface area contributed by atoms with Crippen LogP contribution in [0.5, 0.6) is 0 Å². The van der Waals surface area contributed by atoms with Gasteiger partial charge in [0, 0.05) is 59.0 Å². The van der Waals surface area contributed by atoms with Crippen molar-refractivity contribution in [1.82, 2.24) is 9.80 Å². The van der Waals surface area contributed by atoms with E-state index in [9.17, 15) is 19.2 Å². The van der Waals surface area contributed by atoms with Gasteiger partial charge in [0.25, 0.3) is 23.6 Å². The van der Waals surface area contributed by atoms with Crippen LogP contribution in [-0.2, 0) is 0 Å². The van der Waals surface area contributed by atoms with Crippen LogP contribution in [0.25, 0.3) is 21.5 Å². The minimum Gasteiger partial charge on any atom is -1.00 e. The lowest BCUT2D eigenvalue weighted by atomic mass is 9.94. The number of imide groups is 2. The molecule has 0 saturated carbocycles. The standard InChI is InChI=1S/C46H60N4O4.2BrH/c1-49(2,33-19-29-47-43(51)37-25-15-21-35-22-16-26-38(41(35)37)44(47)52)31-13-11-9-7-5-6-8-10-12-14-32-50(3,4)34-20-30-48-45(53)39-27-17-23-36-24-18-28-40(42(36)39)46(48)54;;/h15-18,21-28H,5-14,19-20,29-34H2,1-4H3;2*1H/q+2;;/p-2. The molecule has 4 aromatic rings. The van der Waals surface area contributed by atoms with Gasteiger partial charge in [0.1, 0.15) is 0 Å². The van der Waals surface area contributed by atoms with E-state index in [1.165, 1.54) is 74.0 Å². The molecule has 0 unspecified atom stereocenters. The van der Waals surface area contributed by atoms with Crippen LogP contribution in [0, 0.1) is 0 Å². The predicted molar refractivity (Wildman–Crippen MR) is 218 cm³/mol. The van der Waals surface area contributed by atoms with Crippen LogP contribution in [0.4, 0.5) is 0 Å². The van der Waals surface area contributed by atoms with Crippen LogP contribution in [0.15, 0.2) is 72.8 Å². The average Bonchev–Trinajstić information content (AvgIpc) is 3.15. The minimum absolute atomic E-state index is 0. The van der Waals surface area contributed by atoms with Crippen LogP contribution >= 0.6 is 0 Å². The number of rotatable bonds is 21. The second-order valence-electron chi connectivity index (χ2n) is 17.0. The fourth-order valence-electron chi connectivity index (χ4n) is 8.60. The van der Waals surface area contributed by atoms with Gasteiger partial charge in [-0.25, -0.2) is 0 Å². The summed E-state index contributed by atoms with van der Waals surface area (Å²) in [5, 5.41) is 3.47. The third kappa shape index (κ3) is 10.7. The third-order valence-electron chi connectivity index (χ3n) is 11.8. The summed E-state index contributed by atoms with van der Waals surface area (Å²) >= 11 is 0. The fourth-order valence-corrected chi connectivity index (χ4v) is 8.60. The van der Waals surface area contributed by atoms with Crippen molar-refractivity contribution in [2.75, 3.05) is 67.5 Å². The van der Waals surface area contributed by atoms with Crippen molar-refractivity contribution in [3.8, 4) is 0 Å². The number of hydrogen-bond acceptors (Lipinski definition) is 4. The summed E-state index contributed by atoms with van der Waals surface area (Å²) in [7, 11) is 9.04. The molecule has 302 valence electrons. The minimum atomic E-state index is -0.168. The molecule has 0 spiro atoms. The highest BCUT2D eigenvalue weighted by molar-refractivity contribution is 6.26. The van der Waals surface area contributed by atoms with E-state index in [4.69, 9.17) is 0 Å². The Bertz CT molecular complexity index is 1770. The second-order valence-corrected chi connectivity index (χ2v) is 17.0. The van der Waals surface area contributed by atoms with E-state index in [0.29, 0.717) is 35.3 Å². The first-order valence-electron chi connectivity index (χ1n) is 20.4. The van der Waals surface area contributed by atoms with Crippen molar-refractivity contribution in [2.24, 2.45) is 0 Å². The maximum absolute atomic E-state index is 13.2. The van der Waals surface area contributed by atoms with E-state index >= 15 is 0 Å². The predicted octanol–water partition coefficient (Wildman–Crippen LogP) is 2.73. The molecule has 8 nitrogen and oxygen atoms in total. The van der Waals surface area contributed by atoms with E-state index < -0.39 is 0 Å². The Morgan fingerprint density at radius 3 is 0.911 bits per heavy atom. The van der Waals surface area contributed by atoms with Gasteiger partial charge < -0.3 is 42.9 Å². The number of halogens is 2. The molecule has 0 bridgehead atoms. The van der Waals surface area contributed by atoms with Gasteiger partial charge in [-0.1, -0.05) is 87.1 Å². The summed E-state index contributed by atoms with van der Waals surface area (Å²) in [6.45, 7) is 5.01. The van der Waals surface area contributed by atoms with E-state index in [0.717, 1.165) is 69.5 Å². The third-order valence-corrected chi connectivity index (χ3v) is 11.8. The fraction of sp³-hybridized carbons (Fsp3) is 0.478. The van der Waals surface area contributed by atoms with Gasteiger partial charge in [0.05, 0.1) is 54.4 Å². The van der Waals surface area contributed by atoms with Crippen molar-refractivity contribution in [3.63, 3.8) is 0 Å². The number of carbonyl (C=O) groups excluding carboxylic acids is 4. The molecule has 0 aromatic heterocycles. The molecule has 6 rings (SSSR count). The second kappa shape index (κ2) is 20.3. The summed E-state index contributed by atoms with van der Waals surface area (Å²) in [4.78, 5) is 55.7. The Morgan fingerprint density at radius 1 is 0.375 bits per heavy atom. The molecule has 56 heavy (non-hydrogen) atoms. The zero-order valence-corrected chi connectivity index (χ0v) is 37.0. The Morgan fingerprint density at radius 2 is 0.625 bits per heavy atom. The number of amides is 4. The zero-order chi connectivity index (χ0) is 38.3. The number of benzene rings is 4. The first-order chi connectivity index (χ1) is 26.0. The normalized spacial score (nSPS) is 14.1. The van der Waals surface area contributed by atoms with Crippen LogP contribution in [0.2, 0.25) is 0 Å². The van der Waals surface area contributed by atoms with Gasteiger partial charge in [0.15, 0.2) is 0 Å². The number of nitrogens with zero attached hydrogens (tertiary/aromatic N) is 4. The van der Waals surface area contributed by atoms with Crippen LogP contribution < -0.4 is 34.0 Å². The highest BCUT2D eigenvalue weighted by atomic mass is 79.9. The molecule has 2 aliphatic heterocycles. The molecule has 4 aromatic carbocycles. The molecule has 0 atom stereocenters. The highest BCUT2D eigenvalue weighted by Gasteiger charge is 2.34. The number of hydrogen-bond donors (Lipinski definition) is 0. The zero-order valence-electron chi connectivity index (χ0n) is 33.8. The summed E-state index contributed by atoms with van der Waals surface area (Å²) in [5.41, 5.74) is 2.55. The van der Waals surface area contributed by atoms with Crippen molar-refractivity contribution in [2.45, 2.75) is 77.0 Å². The lowest BCUT2D eigenvalue weighted by Crippen LogP contribution is -3.00. The van der Waals surface area contributed by atoms with Gasteiger partial charge in [-0.05, 0) is 60.7 Å². The first-order valence-corrected chi connectivity index (χ1v) is 20.4. The molecular weight excluding hydrogens is 832 g/mol. The number of carbonyl (C=O) groups is 4. The lowest BCUT2D eigenvalue weighted by molar-refractivity contribution is -0.890. The van der Waals surface area contributed by atoms with E-state index in [-0.39, 0.29) is 57.6 Å². The Balaban J connectivity index is 0.00000348. The van der Waals surface area contributed by atoms with Crippen LogP contribution in [-0.4, -0.2) is 110 Å². The first kappa shape index (κ1) is 45.3. The van der Waals surface area contributed by atoms with E-state index in [1.54, 1.807) is 0 Å². The van der Waals surface area contributed by atoms with E-state index in [1.807, 2.05) is 72.8 Å². The van der Waals surface area contributed by atoms with Crippen molar-refractivity contribution < 1.29 is 62.1 Å². The Kier molecular flexibility index (Phi) is 16.4. The summed E-state index contributed by atoms with van der Waals surface area (Å²) < 4.78 is 1.81. The largest absolute Gasteiger partial charge is 1.00 e. The smallest absolute Gasteiger partial charge is 0.261 e. The van der Waals surface area contributed by atoms with Gasteiger partial charge in [-0.2, -0.15) is 0 Å². The van der Waals surface area contributed by atoms with Gasteiger partial charge in [0.2, 0.25) is 0 Å². The Labute approximate surface area is 354 Å². The van der Waals surface area contributed by atoms with Gasteiger partial charge >= 0.3 is 0 Å². The maximum Gasteiger partial charge on any atom is 0.261 e. The maximum atomic E-state index is 13.2. The monoisotopic (exact) mass is 890 g/mol. The molecule has 0 radical (unpaired) electrons. The van der Waals surface area contributed by atoms with Gasteiger partial charge in [-0.3, -0.25) is 29.0 Å². The summed E-state index contributed by atoms with van der Waals surface area (Å²) in [6.07, 6.45) is 14.3. The van der Waals surface area contributed by atoms with Crippen molar-refractivity contribution >= 4 is 45.2 Å². The summed E-state index contributed by atoms with van der Waals surface area (Å²) in [5.74, 6) is -0.671. The van der Waals surface area contributed by atoms with Crippen LogP contribution in [0.3, 0.4) is 0 Å². The molecule has 2 aliphatic rings. The Hall–Kier alpha value is -3.44. The molecular formula is C46H60Br2N4O4. The quantitative estimate of drug-likeness (QED) is 0.0734. The molecule has 0 aliphatic carbocycles. The van der Waals surface area contributed by atoms with E-state index in [2.05, 4.69) is 28.2 Å². The van der Waals surface area contributed by atoms with Crippen molar-refractivity contribution in [3.05, 3.63) is 95.1 Å². The average molecular weight is 893 g/mol. The molecule has 0 fully saturated rings. The summed E-state index contributed by atoms with van der Waals surface area (Å²) in [6, 6.07) is 22.8. The molecule has 2 heterocycles. The number of unbranched alkanes of at least 4 members (excludes halogenated alkanes) is 9. The lowest BCUT2D eigenvalue weighted by Gasteiger charge is -2.32.